The monoisotopic (exact) mass is 361 g/mol. The van der Waals surface area contributed by atoms with E-state index in [0.717, 1.165) is 5.69 Å². The first kappa shape index (κ1) is 17.0. The molecule has 6 nitrogen and oxygen atoms in total. The number of aromatic nitrogens is 1. The Morgan fingerprint density at radius 1 is 1.00 bits per heavy atom. The van der Waals surface area contributed by atoms with Gasteiger partial charge in [0.2, 0.25) is 5.43 Å². The van der Waals surface area contributed by atoms with Gasteiger partial charge in [-0.3, -0.25) is 9.59 Å². The highest BCUT2D eigenvalue weighted by Gasteiger charge is 2.27. The normalized spacial score (nSPS) is 11.3. The fraction of sp³-hybridized carbons (Fsp3) is 0.190. The van der Waals surface area contributed by atoms with Crippen LogP contribution in [-0.2, 0) is 0 Å². The Hall–Kier alpha value is -3.41. The van der Waals surface area contributed by atoms with Crippen molar-refractivity contribution >= 4 is 33.5 Å². The van der Waals surface area contributed by atoms with Crippen molar-refractivity contribution in [2.24, 2.45) is 0 Å². The van der Waals surface area contributed by atoms with E-state index in [0.29, 0.717) is 27.6 Å². The first-order valence-corrected chi connectivity index (χ1v) is 8.57. The third-order valence-electron chi connectivity index (χ3n) is 4.62. The van der Waals surface area contributed by atoms with Crippen LogP contribution in [0.1, 0.15) is 10.4 Å². The Kier molecular flexibility index (Phi) is 3.84. The van der Waals surface area contributed by atoms with E-state index in [2.05, 4.69) is 0 Å². The molecular weight excluding hydrogens is 342 g/mol. The third-order valence-corrected chi connectivity index (χ3v) is 4.62. The molecule has 0 atom stereocenters. The van der Waals surface area contributed by atoms with Crippen LogP contribution in [0.3, 0.4) is 0 Å². The van der Waals surface area contributed by atoms with E-state index < -0.39 is 5.91 Å². The molecule has 0 saturated heterocycles. The third kappa shape index (κ3) is 2.61. The van der Waals surface area contributed by atoms with Gasteiger partial charge in [-0.05, 0) is 12.1 Å². The van der Waals surface area contributed by atoms with Gasteiger partial charge < -0.3 is 14.2 Å². The van der Waals surface area contributed by atoms with Crippen LogP contribution in [0.15, 0.2) is 51.7 Å². The molecule has 2 aromatic rings. The topological polar surface area (TPSA) is 66.7 Å². The van der Waals surface area contributed by atoms with Crippen LogP contribution in [0.2, 0.25) is 0 Å². The summed E-state index contributed by atoms with van der Waals surface area (Å²) in [5.41, 5.74) is 2.32. The SMILES string of the molecule is CN(C)C(=O)c1c2oc3cc(N(C)C)ccc3nc-2c2ccccc2c1=O. The van der Waals surface area contributed by atoms with Gasteiger partial charge in [-0.2, -0.15) is 0 Å². The van der Waals surface area contributed by atoms with E-state index >= 15 is 0 Å². The molecule has 6 heteroatoms. The zero-order chi connectivity index (χ0) is 19.3. The summed E-state index contributed by atoms with van der Waals surface area (Å²) >= 11 is 0. The molecule has 1 aliphatic carbocycles. The molecule has 2 aliphatic rings. The molecule has 27 heavy (non-hydrogen) atoms. The van der Waals surface area contributed by atoms with E-state index in [-0.39, 0.29) is 16.8 Å². The number of carbonyl (C=O) groups excluding carboxylic acids is 1. The Balaban J connectivity index is 2.20. The summed E-state index contributed by atoms with van der Waals surface area (Å²) in [7, 11) is 7.09. The van der Waals surface area contributed by atoms with Crippen molar-refractivity contribution in [2.75, 3.05) is 33.1 Å². The number of carbonyl (C=O) groups is 1. The predicted octanol–water partition coefficient (Wildman–Crippen LogP) is 3.21. The molecule has 136 valence electrons. The summed E-state index contributed by atoms with van der Waals surface area (Å²) in [6, 6.07) is 12.8. The molecule has 0 N–H and O–H groups in total. The Bertz CT molecular complexity index is 1220. The summed E-state index contributed by atoms with van der Waals surface area (Å²) in [6.45, 7) is 0. The number of nitrogens with zero attached hydrogens (tertiary/aromatic N) is 3. The molecule has 0 aromatic heterocycles. The molecule has 0 bridgehead atoms. The number of fused-ring (bicyclic) bond motifs is 4. The Morgan fingerprint density at radius 2 is 1.70 bits per heavy atom. The molecule has 1 amide bonds. The minimum atomic E-state index is -0.399. The van der Waals surface area contributed by atoms with E-state index in [1.807, 2.05) is 49.3 Å². The van der Waals surface area contributed by atoms with Gasteiger partial charge in [0.15, 0.2) is 11.3 Å². The average molecular weight is 361 g/mol. The smallest absolute Gasteiger partial charge is 0.261 e. The lowest BCUT2D eigenvalue weighted by Crippen LogP contribution is -2.29. The number of benzene rings is 3. The van der Waals surface area contributed by atoms with Crippen molar-refractivity contribution in [1.82, 2.24) is 9.88 Å². The minimum absolute atomic E-state index is 0.0124. The van der Waals surface area contributed by atoms with Crippen LogP contribution in [0.5, 0.6) is 0 Å². The van der Waals surface area contributed by atoms with E-state index in [1.165, 1.54) is 4.90 Å². The first-order chi connectivity index (χ1) is 12.9. The largest absolute Gasteiger partial charge is 0.452 e. The lowest BCUT2D eigenvalue weighted by molar-refractivity contribution is 0.0825. The van der Waals surface area contributed by atoms with Gasteiger partial charge in [-0.15, -0.1) is 0 Å². The molecule has 1 aliphatic heterocycles. The van der Waals surface area contributed by atoms with Crippen molar-refractivity contribution in [3.05, 3.63) is 58.3 Å². The maximum Gasteiger partial charge on any atom is 0.261 e. The van der Waals surface area contributed by atoms with Crippen LogP contribution < -0.4 is 10.3 Å². The highest BCUT2D eigenvalue weighted by molar-refractivity contribution is 6.08. The van der Waals surface area contributed by atoms with Crippen molar-refractivity contribution < 1.29 is 9.21 Å². The summed E-state index contributed by atoms with van der Waals surface area (Å²) < 4.78 is 6.09. The lowest BCUT2D eigenvalue weighted by atomic mass is 9.98. The number of hydrogen-bond acceptors (Lipinski definition) is 5. The second-order valence-corrected chi connectivity index (χ2v) is 6.89. The molecule has 0 spiro atoms. The van der Waals surface area contributed by atoms with E-state index in [9.17, 15) is 9.59 Å². The fourth-order valence-corrected chi connectivity index (χ4v) is 3.18. The van der Waals surface area contributed by atoms with Crippen molar-refractivity contribution in [2.45, 2.75) is 0 Å². The summed E-state index contributed by atoms with van der Waals surface area (Å²) in [6.07, 6.45) is 0. The van der Waals surface area contributed by atoms with Crippen LogP contribution in [0.4, 0.5) is 5.69 Å². The van der Waals surface area contributed by atoms with Crippen LogP contribution in [-0.4, -0.2) is 44.0 Å². The lowest BCUT2D eigenvalue weighted by Gasteiger charge is -2.17. The molecule has 4 rings (SSSR count). The predicted molar refractivity (Wildman–Crippen MR) is 107 cm³/mol. The fourth-order valence-electron chi connectivity index (χ4n) is 3.18. The molecule has 2 aromatic carbocycles. The second-order valence-electron chi connectivity index (χ2n) is 6.89. The molecule has 0 saturated carbocycles. The van der Waals surface area contributed by atoms with Gasteiger partial charge in [-0.25, -0.2) is 4.98 Å². The highest BCUT2D eigenvalue weighted by atomic mass is 16.3. The van der Waals surface area contributed by atoms with Crippen molar-refractivity contribution in [3.63, 3.8) is 0 Å². The Labute approximate surface area is 156 Å². The maximum absolute atomic E-state index is 13.1. The van der Waals surface area contributed by atoms with Crippen molar-refractivity contribution in [3.8, 4) is 11.5 Å². The van der Waals surface area contributed by atoms with Crippen molar-refractivity contribution in [1.29, 1.82) is 0 Å². The minimum Gasteiger partial charge on any atom is -0.452 e. The first-order valence-electron chi connectivity index (χ1n) is 8.57. The van der Waals surface area contributed by atoms with Gasteiger partial charge in [-0.1, -0.05) is 24.3 Å². The van der Waals surface area contributed by atoms with Crippen LogP contribution in [0, 0.1) is 0 Å². The van der Waals surface area contributed by atoms with E-state index in [1.54, 1.807) is 26.2 Å². The highest BCUT2D eigenvalue weighted by Crippen LogP contribution is 2.34. The molecule has 1 heterocycles. The summed E-state index contributed by atoms with van der Waals surface area (Å²) in [5.74, 6) is -0.176. The molecular formula is C21H19N3O3. The summed E-state index contributed by atoms with van der Waals surface area (Å²) in [5, 5.41) is 1.14. The number of hydrogen-bond donors (Lipinski definition) is 0. The zero-order valence-corrected chi connectivity index (χ0v) is 15.6. The van der Waals surface area contributed by atoms with Gasteiger partial charge in [0.05, 0.1) is 0 Å². The number of amides is 1. The van der Waals surface area contributed by atoms with Gasteiger partial charge in [0, 0.05) is 50.7 Å². The van der Waals surface area contributed by atoms with Gasteiger partial charge >= 0.3 is 0 Å². The van der Waals surface area contributed by atoms with Gasteiger partial charge in [0.1, 0.15) is 16.8 Å². The average Bonchev–Trinajstić information content (AvgIpc) is 2.66. The molecule has 0 radical (unpaired) electrons. The van der Waals surface area contributed by atoms with Crippen LogP contribution in [0.25, 0.3) is 33.3 Å². The molecule has 0 unspecified atom stereocenters. The maximum atomic E-state index is 13.1. The summed E-state index contributed by atoms with van der Waals surface area (Å²) in [4.78, 5) is 33.9. The molecule has 0 fully saturated rings. The number of anilines is 1. The van der Waals surface area contributed by atoms with Gasteiger partial charge in [0.25, 0.3) is 5.91 Å². The zero-order valence-electron chi connectivity index (χ0n) is 15.6. The number of rotatable bonds is 2. The second kappa shape index (κ2) is 6.09. The van der Waals surface area contributed by atoms with E-state index in [4.69, 9.17) is 9.40 Å². The Morgan fingerprint density at radius 3 is 2.37 bits per heavy atom. The standard InChI is InChI=1S/C21H19N3O3/c1-23(2)12-9-10-15-16(11-12)27-20-17(21(26)24(3)4)19(25)14-8-6-5-7-13(14)18(20)22-15/h5-11H,1-4H3. The quantitative estimate of drug-likeness (QED) is 0.405. The van der Waals surface area contributed by atoms with Crippen LogP contribution >= 0.6 is 0 Å².